The highest BCUT2D eigenvalue weighted by molar-refractivity contribution is 6.30. The van der Waals surface area contributed by atoms with Crippen molar-refractivity contribution in [1.82, 2.24) is 0 Å². The third-order valence-corrected chi connectivity index (χ3v) is 15.6. The van der Waals surface area contributed by atoms with Gasteiger partial charge in [0.1, 0.15) is 36.9 Å². The topological polar surface area (TPSA) is 312 Å². The molecule has 5 rings (SSSR count). The minimum absolute atomic E-state index is 0.0190. The summed E-state index contributed by atoms with van der Waals surface area (Å²) in [5.41, 5.74) is -0.845. The Kier molecular flexibility index (Phi) is 35.6. The van der Waals surface area contributed by atoms with Gasteiger partial charge >= 0.3 is 24.1 Å². The maximum absolute atomic E-state index is 12.8. The summed E-state index contributed by atoms with van der Waals surface area (Å²) in [6, 6.07) is 11.3. The molecule has 86 heavy (non-hydrogen) atoms. The fraction of sp³-hybridized carbons (Fsp3) is 0.585. The number of hydrogen-bond donors (Lipinski definition) is 12. The van der Waals surface area contributed by atoms with E-state index in [1.807, 2.05) is 42.5 Å². The van der Waals surface area contributed by atoms with Gasteiger partial charge in [0.2, 0.25) is 0 Å². The number of benzene rings is 2. The van der Waals surface area contributed by atoms with Gasteiger partial charge in [0, 0.05) is 61.3 Å². The molecule has 482 valence electrons. The molecule has 2 aromatic rings. The van der Waals surface area contributed by atoms with Gasteiger partial charge in [-0.25, -0.2) is 0 Å². The zero-order valence-electron chi connectivity index (χ0n) is 49.0. The Morgan fingerprint density at radius 1 is 0.535 bits per heavy atom. The monoisotopic (exact) mass is 1240 g/mol. The van der Waals surface area contributed by atoms with E-state index in [0.29, 0.717) is 81.4 Å². The van der Waals surface area contributed by atoms with Crippen LogP contribution in [0.1, 0.15) is 134 Å². The van der Waals surface area contributed by atoms with E-state index in [0.717, 1.165) is 37.8 Å². The van der Waals surface area contributed by atoms with Crippen molar-refractivity contribution >= 4 is 29.5 Å². The minimum atomic E-state index is -4.49. The van der Waals surface area contributed by atoms with Crippen LogP contribution in [-0.4, -0.2) is 147 Å². The van der Waals surface area contributed by atoms with Crippen LogP contribution in [0.3, 0.4) is 0 Å². The molecule has 17 nitrogen and oxygen atoms in total. The molecule has 3 aliphatic rings. The van der Waals surface area contributed by atoms with Gasteiger partial charge in [-0.3, -0.25) is 14.4 Å². The molecule has 3 fully saturated rings. The summed E-state index contributed by atoms with van der Waals surface area (Å²) in [4.78, 5) is 31.5. The fourth-order valence-corrected chi connectivity index (χ4v) is 10.8. The zero-order valence-corrected chi connectivity index (χ0v) is 49.7. The summed E-state index contributed by atoms with van der Waals surface area (Å²) in [6.45, 7) is 1.91. The van der Waals surface area contributed by atoms with Crippen LogP contribution in [0, 0.1) is 35.5 Å². The highest BCUT2D eigenvalue weighted by Gasteiger charge is 2.41. The Hall–Kier alpha value is -5.39. The van der Waals surface area contributed by atoms with E-state index in [2.05, 4.69) is 6.92 Å². The summed E-state index contributed by atoms with van der Waals surface area (Å²) >= 11 is 5.90. The number of halogens is 4. The molecule has 0 amide bonds. The predicted octanol–water partition coefficient (Wildman–Crippen LogP) is 9.80. The van der Waals surface area contributed by atoms with Gasteiger partial charge < -0.3 is 70.8 Å². The lowest BCUT2D eigenvalue weighted by atomic mass is 9.89. The first kappa shape index (κ1) is 74.9. The highest BCUT2D eigenvalue weighted by atomic mass is 35.5. The number of hydrogen-bond acceptors (Lipinski definition) is 14. The molecule has 21 heteroatoms. The largest absolute Gasteiger partial charge is 0.491 e. The first-order valence-electron chi connectivity index (χ1n) is 29.9. The van der Waals surface area contributed by atoms with Gasteiger partial charge in [-0.1, -0.05) is 123 Å². The molecule has 0 spiro atoms. The van der Waals surface area contributed by atoms with E-state index in [1.54, 1.807) is 48.6 Å². The molecular formula is C65H92ClF3O17. The quantitative estimate of drug-likeness (QED) is 0.0229. The highest BCUT2D eigenvalue weighted by Crippen LogP contribution is 2.39. The van der Waals surface area contributed by atoms with Crippen molar-refractivity contribution in [2.75, 3.05) is 13.2 Å². The zero-order chi connectivity index (χ0) is 63.6. The standard InChI is InChI=1S/C23H29F3O6.C22H29ClO6.C20H34O5/c24-23(25,26)15-6-5-7-17(12-15)32-14-16(27)10-11-19-18(20(28)13-21(19)29)8-3-1-2-4-9-22(30)31;23-15-6-5-7-17(12-15)29-14-16(24)10-11-19-18(20(25)13-21(19)26)8-3-1-2-4-9-22(27)28;1-2-3-6-9-15(21)12-13-17-16(18(22)14-19(17)23)10-7-4-5-8-11-20(24)25/h1,3,5-7,10-12,16,18-21,27-29H,2,4,8-9,13-14H2,(H,30,31);1,3,5-7,10-12,16,18-21,24-26H,2,4,8-9,13-14H2,(H,27,28);4,7,12-13,15-19,21-23H,2-3,5-6,8-11,14H2,1H3,(H,24,25)/b2*3-1-,11-10+;7-4-,13-12+/t2*16-,18-,19-,20+,21-;15-,16+,17+,18-,19+/m110/s1. The number of carboxylic acids is 3. The maximum atomic E-state index is 12.8. The number of aliphatic carboxylic acids is 3. The van der Waals surface area contributed by atoms with Gasteiger partial charge in [0.05, 0.1) is 48.3 Å². The molecule has 15 atom stereocenters. The first-order valence-corrected chi connectivity index (χ1v) is 30.2. The summed E-state index contributed by atoms with van der Waals surface area (Å²) in [7, 11) is 0. The molecule has 0 bridgehead atoms. The molecule has 3 aliphatic carbocycles. The van der Waals surface area contributed by atoms with Crippen LogP contribution >= 0.6 is 11.6 Å². The van der Waals surface area contributed by atoms with Crippen molar-refractivity contribution in [3.63, 3.8) is 0 Å². The SMILES string of the molecule is CCCCC[C@H](O)/C=C/[C@@H]1[C@@H](C/C=C\CCCC(=O)O)[C@@H](O)C[C@H]1O.O=C(O)CCC/C=C\C[C@@H]1[C@@H](/C=C/[C@@H](O)COc2cccc(C(F)(F)F)c2)[C@H](O)C[C@@H]1O.O=C(O)CCC/C=C\C[C@@H]1[C@@H](/C=C/[C@@H](O)COc2cccc(Cl)c2)[C@H](O)C[C@@H]1O. The summed E-state index contributed by atoms with van der Waals surface area (Å²) in [5.74, 6) is -3.22. The number of alkyl halides is 3. The minimum Gasteiger partial charge on any atom is -0.491 e. The second-order valence-electron chi connectivity index (χ2n) is 22.3. The summed E-state index contributed by atoms with van der Waals surface area (Å²) in [5, 5.41) is 118. The van der Waals surface area contributed by atoms with E-state index >= 15 is 0 Å². The van der Waals surface area contributed by atoms with Crippen molar-refractivity contribution in [1.29, 1.82) is 0 Å². The molecule has 3 saturated carbocycles. The maximum Gasteiger partial charge on any atom is 0.416 e. The average molecular weight is 1240 g/mol. The Bertz CT molecular complexity index is 2450. The van der Waals surface area contributed by atoms with Gasteiger partial charge in [0.25, 0.3) is 0 Å². The van der Waals surface area contributed by atoms with Gasteiger partial charge in [-0.15, -0.1) is 0 Å². The van der Waals surface area contributed by atoms with Crippen LogP contribution in [-0.2, 0) is 20.6 Å². The second-order valence-corrected chi connectivity index (χ2v) is 22.7. The predicted molar refractivity (Wildman–Crippen MR) is 320 cm³/mol. The molecule has 0 aliphatic heterocycles. The van der Waals surface area contributed by atoms with Gasteiger partial charge in [-0.2, -0.15) is 13.2 Å². The van der Waals surface area contributed by atoms with Crippen molar-refractivity contribution < 1.29 is 98.3 Å². The smallest absolute Gasteiger partial charge is 0.416 e. The van der Waals surface area contributed by atoms with Crippen LogP contribution in [0.25, 0.3) is 0 Å². The Balaban J connectivity index is 0.000000340. The second kappa shape index (κ2) is 40.9. The van der Waals surface area contributed by atoms with Crippen LogP contribution in [0.2, 0.25) is 5.02 Å². The Labute approximate surface area is 508 Å². The normalized spacial score (nSPS) is 26.1. The Morgan fingerprint density at radius 2 is 0.907 bits per heavy atom. The fourth-order valence-electron chi connectivity index (χ4n) is 10.6. The van der Waals surface area contributed by atoms with E-state index in [1.165, 1.54) is 18.2 Å². The lowest BCUT2D eigenvalue weighted by Gasteiger charge is -2.19. The van der Waals surface area contributed by atoms with Crippen LogP contribution in [0.4, 0.5) is 13.2 Å². The molecule has 2 aromatic carbocycles. The number of allylic oxidation sites excluding steroid dienone is 6. The number of carbonyl (C=O) groups is 3. The average Bonchev–Trinajstić information content (AvgIpc) is 2.92. The number of carboxylic acid groups (broad SMARTS) is 3. The van der Waals surface area contributed by atoms with E-state index in [4.69, 9.17) is 36.4 Å². The number of rotatable bonds is 34. The van der Waals surface area contributed by atoms with E-state index in [9.17, 15) is 73.5 Å². The van der Waals surface area contributed by atoms with Crippen molar-refractivity contribution in [3.05, 3.63) is 132 Å². The lowest BCUT2D eigenvalue weighted by Crippen LogP contribution is -2.21. The Morgan fingerprint density at radius 3 is 1.27 bits per heavy atom. The van der Waals surface area contributed by atoms with Crippen LogP contribution in [0.5, 0.6) is 11.5 Å². The van der Waals surface area contributed by atoms with Crippen LogP contribution < -0.4 is 9.47 Å². The van der Waals surface area contributed by atoms with E-state index < -0.39 is 90.5 Å². The third-order valence-electron chi connectivity index (χ3n) is 15.3. The number of ether oxygens (including phenoxy) is 2. The molecule has 0 aromatic heterocycles. The van der Waals surface area contributed by atoms with E-state index in [-0.39, 0.29) is 74.2 Å². The first-order chi connectivity index (χ1) is 40.9. The van der Waals surface area contributed by atoms with Crippen molar-refractivity contribution in [2.24, 2.45) is 35.5 Å². The van der Waals surface area contributed by atoms with Crippen molar-refractivity contribution in [2.45, 2.75) is 190 Å². The molecular weight excluding hydrogens is 1150 g/mol. The molecule has 0 radical (unpaired) electrons. The van der Waals surface area contributed by atoms with Crippen LogP contribution in [0.15, 0.2) is 121 Å². The van der Waals surface area contributed by atoms with Gasteiger partial charge in [-0.05, 0) is 118 Å². The van der Waals surface area contributed by atoms with Crippen molar-refractivity contribution in [3.8, 4) is 11.5 Å². The number of unbranched alkanes of at least 4 members (excludes halogenated alkanes) is 5. The van der Waals surface area contributed by atoms with Gasteiger partial charge in [0.15, 0.2) is 0 Å². The molecule has 12 N–H and O–H groups in total. The lowest BCUT2D eigenvalue weighted by molar-refractivity contribution is -0.138. The third kappa shape index (κ3) is 30.0. The summed E-state index contributed by atoms with van der Waals surface area (Å²) < 4.78 is 49.0. The molecule has 0 unspecified atom stereocenters. The molecule has 0 heterocycles. The number of aliphatic hydroxyl groups is 9. The summed E-state index contributed by atoms with van der Waals surface area (Å²) in [6.07, 6.45) is 21.0. The number of aliphatic hydroxyl groups excluding tert-OH is 9. The molecule has 0 saturated heterocycles.